The van der Waals surface area contributed by atoms with Crippen LogP contribution in [0.1, 0.15) is 59.8 Å². The van der Waals surface area contributed by atoms with Gasteiger partial charge >= 0.3 is 0 Å². The molecule has 1 amide bonds. The summed E-state index contributed by atoms with van der Waals surface area (Å²) >= 11 is 0. The van der Waals surface area contributed by atoms with Crippen molar-refractivity contribution in [1.29, 1.82) is 0 Å². The average molecular weight is 242 g/mol. The predicted octanol–water partition coefficient (Wildman–Crippen LogP) is 2.79. The van der Waals surface area contributed by atoms with Crippen LogP contribution in [0.25, 0.3) is 0 Å². The molecule has 102 valence electrons. The molecule has 1 unspecified atom stereocenters. The van der Waals surface area contributed by atoms with Crippen LogP contribution < -0.4 is 5.73 Å². The highest BCUT2D eigenvalue weighted by Gasteiger charge is 2.21. The number of likely N-dealkylation sites (N-methyl/N-ethyl adjacent to an activating group) is 1. The maximum absolute atomic E-state index is 12.1. The molecular formula is C14H30N2O. The number of carbonyl (C=O) groups is 1. The monoisotopic (exact) mass is 242 g/mol. The molecule has 0 aromatic carbocycles. The van der Waals surface area contributed by atoms with Crippen molar-refractivity contribution in [2.75, 3.05) is 13.1 Å². The number of nitrogens with zero attached hydrogens (tertiary/aromatic N) is 1. The SMILES string of the molecule is CCCCC(N)C(=O)N(CC)CC(CC)CC. The van der Waals surface area contributed by atoms with Crippen molar-refractivity contribution in [1.82, 2.24) is 4.90 Å². The summed E-state index contributed by atoms with van der Waals surface area (Å²) in [5.41, 5.74) is 5.95. The second-order valence-electron chi connectivity index (χ2n) is 4.81. The molecule has 0 aliphatic carbocycles. The third kappa shape index (κ3) is 6.06. The van der Waals surface area contributed by atoms with Crippen molar-refractivity contribution in [3.63, 3.8) is 0 Å². The quantitative estimate of drug-likeness (QED) is 0.676. The number of unbranched alkanes of at least 4 members (excludes halogenated alkanes) is 1. The fourth-order valence-electron chi connectivity index (χ4n) is 2.02. The van der Waals surface area contributed by atoms with Crippen LogP contribution >= 0.6 is 0 Å². The van der Waals surface area contributed by atoms with Gasteiger partial charge in [0.1, 0.15) is 0 Å². The first kappa shape index (κ1) is 16.4. The molecule has 0 saturated carbocycles. The summed E-state index contributed by atoms with van der Waals surface area (Å²) in [6, 6.07) is -0.302. The highest BCUT2D eigenvalue weighted by atomic mass is 16.2. The Morgan fingerprint density at radius 1 is 1.18 bits per heavy atom. The number of hydrogen-bond acceptors (Lipinski definition) is 2. The Balaban J connectivity index is 4.28. The zero-order valence-corrected chi connectivity index (χ0v) is 12.0. The number of rotatable bonds is 9. The van der Waals surface area contributed by atoms with Gasteiger partial charge in [0.15, 0.2) is 0 Å². The maximum Gasteiger partial charge on any atom is 0.239 e. The molecule has 0 bridgehead atoms. The van der Waals surface area contributed by atoms with Crippen LogP contribution in [0.2, 0.25) is 0 Å². The highest BCUT2D eigenvalue weighted by Crippen LogP contribution is 2.11. The maximum atomic E-state index is 12.1. The summed E-state index contributed by atoms with van der Waals surface area (Å²) in [5.74, 6) is 0.741. The summed E-state index contributed by atoms with van der Waals surface area (Å²) in [7, 11) is 0. The minimum absolute atomic E-state index is 0.132. The van der Waals surface area contributed by atoms with Gasteiger partial charge in [0, 0.05) is 13.1 Å². The molecule has 0 spiro atoms. The van der Waals surface area contributed by atoms with Gasteiger partial charge in [-0.1, -0.05) is 46.5 Å². The van der Waals surface area contributed by atoms with Crippen molar-refractivity contribution in [2.24, 2.45) is 11.7 Å². The largest absolute Gasteiger partial charge is 0.341 e. The van der Waals surface area contributed by atoms with E-state index in [1.54, 1.807) is 0 Å². The third-order valence-electron chi connectivity index (χ3n) is 3.51. The topological polar surface area (TPSA) is 46.3 Å². The number of nitrogens with two attached hydrogens (primary N) is 1. The number of hydrogen-bond donors (Lipinski definition) is 1. The van der Waals surface area contributed by atoms with Crippen LogP contribution in [0.15, 0.2) is 0 Å². The van der Waals surface area contributed by atoms with Crippen molar-refractivity contribution in [2.45, 2.75) is 65.8 Å². The average Bonchev–Trinajstić information content (AvgIpc) is 2.36. The van der Waals surface area contributed by atoms with Crippen LogP contribution in [-0.2, 0) is 4.79 Å². The van der Waals surface area contributed by atoms with Crippen molar-refractivity contribution < 1.29 is 4.79 Å². The molecule has 0 heterocycles. The summed E-state index contributed by atoms with van der Waals surface area (Å²) < 4.78 is 0. The summed E-state index contributed by atoms with van der Waals surface area (Å²) in [5, 5.41) is 0. The lowest BCUT2D eigenvalue weighted by Gasteiger charge is -2.28. The first-order chi connectivity index (χ1) is 8.10. The Morgan fingerprint density at radius 2 is 1.76 bits per heavy atom. The molecule has 0 rings (SSSR count). The van der Waals surface area contributed by atoms with Gasteiger partial charge in [-0.25, -0.2) is 0 Å². The zero-order chi connectivity index (χ0) is 13.3. The molecule has 0 saturated heterocycles. The minimum atomic E-state index is -0.302. The van der Waals surface area contributed by atoms with Gasteiger partial charge in [-0.05, 0) is 19.3 Å². The smallest absolute Gasteiger partial charge is 0.239 e. The molecule has 1 atom stereocenters. The van der Waals surface area contributed by atoms with Crippen LogP contribution in [0, 0.1) is 5.92 Å². The van der Waals surface area contributed by atoms with Crippen LogP contribution in [0.3, 0.4) is 0 Å². The molecular weight excluding hydrogens is 212 g/mol. The molecule has 3 nitrogen and oxygen atoms in total. The van der Waals surface area contributed by atoms with Gasteiger partial charge in [0.05, 0.1) is 6.04 Å². The minimum Gasteiger partial charge on any atom is -0.341 e. The number of amides is 1. The van der Waals surface area contributed by atoms with Gasteiger partial charge in [-0.2, -0.15) is 0 Å². The van der Waals surface area contributed by atoms with E-state index in [0.29, 0.717) is 5.92 Å². The van der Waals surface area contributed by atoms with Crippen LogP contribution in [-0.4, -0.2) is 29.9 Å². The van der Waals surface area contributed by atoms with E-state index in [2.05, 4.69) is 20.8 Å². The van der Waals surface area contributed by atoms with Gasteiger partial charge in [0.25, 0.3) is 0 Å². The fraction of sp³-hybridized carbons (Fsp3) is 0.929. The Labute approximate surface area is 107 Å². The first-order valence-electron chi connectivity index (χ1n) is 7.14. The van der Waals surface area contributed by atoms with E-state index in [9.17, 15) is 4.79 Å². The van der Waals surface area contributed by atoms with Gasteiger partial charge in [-0.3, -0.25) is 4.79 Å². The van der Waals surface area contributed by atoms with E-state index in [0.717, 1.165) is 45.2 Å². The lowest BCUT2D eigenvalue weighted by molar-refractivity contribution is -0.133. The molecule has 0 aliphatic rings. The van der Waals surface area contributed by atoms with Gasteiger partial charge in [0.2, 0.25) is 5.91 Å². The summed E-state index contributed by atoms with van der Waals surface area (Å²) in [6.07, 6.45) is 5.21. The van der Waals surface area contributed by atoms with E-state index in [4.69, 9.17) is 5.73 Å². The lowest BCUT2D eigenvalue weighted by atomic mass is 10.0. The highest BCUT2D eigenvalue weighted by molar-refractivity contribution is 5.81. The molecule has 2 N–H and O–H groups in total. The molecule has 0 aromatic rings. The van der Waals surface area contributed by atoms with Crippen molar-refractivity contribution >= 4 is 5.91 Å². The second-order valence-corrected chi connectivity index (χ2v) is 4.81. The number of carbonyl (C=O) groups excluding carboxylic acids is 1. The van der Waals surface area contributed by atoms with Crippen molar-refractivity contribution in [3.8, 4) is 0 Å². The molecule has 0 radical (unpaired) electrons. The van der Waals surface area contributed by atoms with E-state index >= 15 is 0 Å². The first-order valence-corrected chi connectivity index (χ1v) is 7.14. The molecule has 0 aliphatic heterocycles. The van der Waals surface area contributed by atoms with Gasteiger partial charge < -0.3 is 10.6 Å². The predicted molar refractivity (Wildman–Crippen MR) is 73.8 cm³/mol. The Morgan fingerprint density at radius 3 is 2.18 bits per heavy atom. The Hall–Kier alpha value is -0.570. The Kier molecular flexibility index (Phi) is 9.14. The molecule has 0 fully saturated rings. The second kappa shape index (κ2) is 9.46. The van der Waals surface area contributed by atoms with E-state index < -0.39 is 0 Å². The fourth-order valence-corrected chi connectivity index (χ4v) is 2.02. The van der Waals surface area contributed by atoms with E-state index in [1.165, 1.54) is 0 Å². The normalized spacial score (nSPS) is 12.8. The molecule has 0 aromatic heterocycles. The van der Waals surface area contributed by atoms with Gasteiger partial charge in [-0.15, -0.1) is 0 Å². The third-order valence-corrected chi connectivity index (χ3v) is 3.51. The molecule has 3 heteroatoms. The zero-order valence-electron chi connectivity index (χ0n) is 12.0. The Bertz CT molecular complexity index is 202. The summed E-state index contributed by atoms with van der Waals surface area (Å²) in [6.45, 7) is 10.2. The summed E-state index contributed by atoms with van der Waals surface area (Å²) in [4.78, 5) is 14.1. The molecule has 17 heavy (non-hydrogen) atoms. The van der Waals surface area contributed by atoms with E-state index in [-0.39, 0.29) is 11.9 Å². The van der Waals surface area contributed by atoms with E-state index in [1.807, 2.05) is 11.8 Å². The van der Waals surface area contributed by atoms with Crippen molar-refractivity contribution in [3.05, 3.63) is 0 Å². The standard InChI is InChI=1S/C14H30N2O/c1-5-9-10-13(15)14(17)16(8-4)11-12(6-2)7-3/h12-13H,5-11,15H2,1-4H3. The van der Waals surface area contributed by atoms with Crippen LogP contribution in [0.5, 0.6) is 0 Å². The lowest BCUT2D eigenvalue weighted by Crippen LogP contribution is -2.45. The van der Waals surface area contributed by atoms with Crippen LogP contribution in [0.4, 0.5) is 0 Å².